The number of pyridine rings is 1. The number of rotatable bonds is 9. The number of hydrazine groups is 1. The van der Waals surface area contributed by atoms with Gasteiger partial charge < -0.3 is 15.6 Å². The molecular weight excluding hydrogens is 487 g/mol. The molecule has 1 heterocycles. The Hall–Kier alpha value is -4.28. The molecule has 0 aliphatic heterocycles. The van der Waals surface area contributed by atoms with E-state index in [4.69, 9.17) is 21.6 Å². The number of alkyl halides is 2. The summed E-state index contributed by atoms with van der Waals surface area (Å²) in [5.74, 6) is -1.94. The van der Waals surface area contributed by atoms with Crippen molar-refractivity contribution >= 4 is 6.34 Å². The summed E-state index contributed by atoms with van der Waals surface area (Å²) in [5.41, 5.74) is 0.0480. The topological polar surface area (TPSA) is 134 Å². The van der Waals surface area contributed by atoms with Gasteiger partial charge in [0.25, 0.3) is 0 Å². The Kier molecular flexibility index (Phi) is 7.71. The van der Waals surface area contributed by atoms with Gasteiger partial charge in [0, 0.05) is 11.6 Å². The van der Waals surface area contributed by atoms with Gasteiger partial charge in [-0.25, -0.2) is 24.1 Å². The molecule has 0 saturated heterocycles. The number of hydrogen-bond donors (Lipinski definition) is 3. The Morgan fingerprint density at radius 1 is 1.11 bits per heavy atom. The Morgan fingerprint density at radius 3 is 2.47 bits per heavy atom. The fourth-order valence-electron chi connectivity index (χ4n) is 3.32. The molecule has 0 radical (unpaired) electrons. The van der Waals surface area contributed by atoms with Crippen molar-refractivity contribution in [2.45, 2.75) is 18.1 Å². The van der Waals surface area contributed by atoms with E-state index >= 15 is 8.78 Å². The second-order valence-corrected chi connectivity index (χ2v) is 7.51. The van der Waals surface area contributed by atoms with Crippen molar-refractivity contribution in [3.05, 3.63) is 94.6 Å². The molecule has 36 heavy (non-hydrogen) atoms. The van der Waals surface area contributed by atoms with Crippen molar-refractivity contribution in [2.75, 3.05) is 6.54 Å². The van der Waals surface area contributed by atoms with Crippen LogP contribution in [0, 0.1) is 28.8 Å². The zero-order valence-electron chi connectivity index (χ0n) is 18.4. The Bertz CT molecular complexity index is 1300. The predicted molar refractivity (Wildman–Crippen MR) is 117 cm³/mol. The summed E-state index contributed by atoms with van der Waals surface area (Å²) in [4.78, 5) is 3.64. The number of ether oxygens (including phenoxy) is 1. The molecule has 2 aromatic carbocycles. The number of benzene rings is 2. The van der Waals surface area contributed by atoms with Crippen molar-refractivity contribution in [3.8, 4) is 11.8 Å². The molecule has 8 nitrogen and oxygen atoms in total. The highest BCUT2D eigenvalue weighted by molar-refractivity contribution is 5.50. The van der Waals surface area contributed by atoms with Gasteiger partial charge in [-0.3, -0.25) is 4.98 Å². The minimum absolute atomic E-state index is 0.0297. The van der Waals surface area contributed by atoms with E-state index in [2.05, 4.69) is 10.1 Å². The van der Waals surface area contributed by atoms with E-state index in [0.717, 1.165) is 24.4 Å². The van der Waals surface area contributed by atoms with Crippen LogP contribution in [0.15, 0.2) is 59.8 Å². The molecule has 3 rings (SSSR count). The zero-order valence-corrected chi connectivity index (χ0v) is 18.4. The van der Waals surface area contributed by atoms with Crippen LogP contribution >= 0.6 is 0 Å². The van der Waals surface area contributed by atoms with Crippen molar-refractivity contribution in [2.24, 2.45) is 16.7 Å². The quantitative estimate of drug-likeness (QED) is 0.134. The van der Waals surface area contributed by atoms with Gasteiger partial charge in [-0.2, -0.15) is 19.1 Å². The molecule has 0 aliphatic rings. The molecule has 1 unspecified atom stereocenters. The lowest BCUT2D eigenvalue weighted by atomic mass is 9.84. The maximum Gasteiger partial charge on any atom is 0.323 e. The van der Waals surface area contributed by atoms with E-state index in [0.29, 0.717) is 35.2 Å². The van der Waals surface area contributed by atoms with Crippen LogP contribution in [0.4, 0.5) is 22.0 Å². The van der Waals surface area contributed by atoms with Crippen molar-refractivity contribution in [1.29, 1.82) is 5.26 Å². The van der Waals surface area contributed by atoms with Gasteiger partial charge in [-0.1, -0.05) is 6.07 Å². The maximum atomic E-state index is 15.6. The van der Waals surface area contributed by atoms with Gasteiger partial charge in [0.15, 0.2) is 5.60 Å². The molecular formula is C23H19F5N6O2. The first-order valence-electron chi connectivity index (χ1n) is 10.1. The number of nitrogens with zero attached hydrogens (tertiary/aromatic N) is 4. The standard InChI is InChI=1S/C23H19F5N6O2/c24-16-2-4-18(20(26)8-16)22(35,12-34(31)33-13-30)23(27,28)21-6-3-17(10-32-21)36-11-14-1-5-19(25)15(7-14)9-29/h1-8,10,13,35H,11-12,31H2,(H2,30,33). The monoisotopic (exact) mass is 506 g/mol. The summed E-state index contributed by atoms with van der Waals surface area (Å²) >= 11 is 0. The molecule has 188 valence electrons. The average Bonchev–Trinajstić information content (AvgIpc) is 2.83. The second kappa shape index (κ2) is 10.5. The van der Waals surface area contributed by atoms with E-state index < -0.39 is 46.8 Å². The number of aliphatic hydroxyl groups is 1. The first kappa shape index (κ1) is 26.3. The van der Waals surface area contributed by atoms with Gasteiger partial charge in [-0.05, 0) is 42.0 Å². The summed E-state index contributed by atoms with van der Waals surface area (Å²) in [6, 6.07) is 9.07. The van der Waals surface area contributed by atoms with Crippen LogP contribution in [-0.4, -0.2) is 28.1 Å². The Morgan fingerprint density at radius 2 is 1.86 bits per heavy atom. The number of nitriles is 1. The van der Waals surface area contributed by atoms with Gasteiger partial charge in [0.1, 0.15) is 47.9 Å². The average molecular weight is 506 g/mol. The molecule has 13 heteroatoms. The zero-order chi connectivity index (χ0) is 26.5. The molecule has 0 spiro atoms. The highest BCUT2D eigenvalue weighted by Gasteiger charge is 2.58. The molecule has 5 N–H and O–H groups in total. The highest BCUT2D eigenvalue weighted by atomic mass is 19.3. The smallest absolute Gasteiger partial charge is 0.323 e. The van der Waals surface area contributed by atoms with Crippen molar-refractivity contribution in [1.82, 2.24) is 10.1 Å². The Labute approximate surface area is 201 Å². The van der Waals surface area contributed by atoms with Crippen LogP contribution in [0.2, 0.25) is 0 Å². The Balaban J connectivity index is 1.90. The van der Waals surface area contributed by atoms with Gasteiger partial charge in [0.2, 0.25) is 0 Å². The summed E-state index contributed by atoms with van der Waals surface area (Å²) in [6.45, 7) is -1.28. The van der Waals surface area contributed by atoms with Crippen molar-refractivity contribution < 1.29 is 31.8 Å². The van der Waals surface area contributed by atoms with Gasteiger partial charge >= 0.3 is 5.92 Å². The van der Waals surface area contributed by atoms with Gasteiger partial charge in [0.05, 0.1) is 18.3 Å². The molecule has 0 fully saturated rings. The van der Waals surface area contributed by atoms with Crippen LogP contribution < -0.4 is 16.3 Å². The number of hydrogen-bond acceptors (Lipinski definition) is 7. The summed E-state index contributed by atoms with van der Waals surface area (Å²) in [6.07, 6.45) is 1.60. The summed E-state index contributed by atoms with van der Waals surface area (Å²) < 4.78 is 78.0. The van der Waals surface area contributed by atoms with E-state index in [1.165, 1.54) is 12.1 Å². The van der Waals surface area contributed by atoms with Crippen LogP contribution in [-0.2, 0) is 18.1 Å². The third kappa shape index (κ3) is 5.35. The van der Waals surface area contributed by atoms with Crippen LogP contribution in [0.3, 0.4) is 0 Å². The van der Waals surface area contributed by atoms with Gasteiger partial charge in [-0.15, -0.1) is 0 Å². The van der Waals surface area contributed by atoms with E-state index in [1.54, 1.807) is 6.07 Å². The molecule has 3 aromatic rings. The molecule has 0 amide bonds. The summed E-state index contributed by atoms with van der Waals surface area (Å²) in [5, 5.41) is 23.7. The largest absolute Gasteiger partial charge is 0.487 e. The van der Waals surface area contributed by atoms with E-state index in [1.807, 2.05) is 0 Å². The minimum Gasteiger partial charge on any atom is -0.487 e. The lowest BCUT2D eigenvalue weighted by Gasteiger charge is -2.37. The summed E-state index contributed by atoms with van der Waals surface area (Å²) in [7, 11) is 0. The fourth-order valence-corrected chi connectivity index (χ4v) is 3.32. The number of nitrogens with two attached hydrogens (primary N) is 2. The number of aromatic nitrogens is 1. The SMILES string of the molecule is N#Cc1cc(COc2ccc(C(F)(F)C(O)(CN(N)/N=C\N)c3ccc(F)cc3F)nc2)ccc1F. The highest BCUT2D eigenvalue weighted by Crippen LogP contribution is 2.46. The minimum atomic E-state index is -4.27. The fraction of sp³-hybridized carbons (Fsp3) is 0.174. The number of hydrazone groups is 1. The normalized spacial score (nSPS) is 13.3. The van der Waals surface area contributed by atoms with E-state index in [9.17, 15) is 18.3 Å². The third-order valence-electron chi connectivity index (χ3n) is 5.12. The van der Waals surface area contributed by atoms with Crippen LogP contribution in [0.25, 0.3) is 0 Å². The lowest BCUT2D eigenvalue weighted by molar-refractivity contribution is -0.208. The van der Waals surface area contributed by atoms with Crippen LogP contribution in [0.5, 0.6) is 5.75 Å². The van der Waals surface area contributed by atoms with E-state index in [-0.39, 0.29) is 17.9 Å². The second-order valence-electron chi connectivity index (χ2n) is 7.51. The molecule has 1 aromatic heterocycles. The van der Waals surface area contributed by atoms with Crippen molar-refractivity contribution in [3.63, 3.8) is 0 Å². The van der Waals surface area contributed by atoms with Crippen LogP contribution in [0.1, 0.15) is 22.4 Å². The lowest BCUT2D eigenvalue weighted by Crippen LogP contribution is -2.53. The third-order valence-corrected chi connectivity index (χ3v) is 5.12. The molecule has 1 atom stereocenters. The molecule has 0 saturated carbocycles. The molecule has 0 bridgehead atoms. The first-order chi connectivity index (χ1) is 17.0. The number of halogens is 5. The maximum absolute atomic E-state index is 15.6. The predicted octanol–water partition coefficient (Wildman–Crippen LogP) is 3.01. The molecule has 0 aliphatic carbocycles. The first-order valence-corrected chi connectivity index (χ1v) is 10.1.